The van der Waals surface area contributed by atoms with Gasteiger partial charge in [0.05, 0.1) is 11.8 Å². The number of carboxylic acid groups (broad SMARTS) is 1. The highest BCUT2D eigenvalue weighted by Gasteiger charge is 2.23. The molecule has 2 rings (SSSR count). The Morgan fingerprint density at radius 2 is 1.63 bits per heavy atom. The zero-order chi connectivity index (χ0) is 14.0. The molecule has 19 heavy (non-hydrogen) atoms. The summed E-state index contributed by atoms with van der Waals surface area (Å²) in [6, 6.07) is 6.61. The van der Waals surface area contributed by atoms with E-state index in [0.717, 1.165) is 5.69 Å². The first-order chi connectivity index (χ1) is 8.88. The molecule has 0 amide bonds. The fourth-order valence-electron chi connectivity index (χ4n) is 2.09. The third-order valence-electron chi connectivity index (χ3n) is 3.19. The topological polar surface area (TPSA) is 77.9 Å². The van der Waals surface area contributed by atoms with E-state index in [1.165, 1.54) is 10.6 Å². The Labute approximate surface area is 112 Å². The van der Waals surface area contributed by atoms with Crippen LogP contribution in [0, 0.1) is 0 Å². The monoisotopic (exact) mass is 284 g/mol. The summed E-state index contributed by atoms with van der Waals surface area (Å²) in [7, 11) is -3.12. The van der Waals surface area contributed by atoms with Gasteiger partial charge < -0.3 is 10.0 Å². The number of anilines is 1. The van der Waals surface area contributed by atoms with Gasteiger partial charge in [0, 0.05) is 31.9 Å². The second-order valence-electron chi connectivity index (χ2n) is 4.50. The van der Waals surface area contributed by atoms with Crippen LogP contribution in [0.4, 0.5) is 5.69 Å². The second-order valence-corrected chi connectivity index (χ2v) is 6.48. The SMILES string of the molecule is CS(=O)(=O)N1CCN(c2ccc(C(=O)O)cc2)CC1. The number of aromatic carboxylic acids is 1. The summed E-state index contributed by atoms with van der Waals surface area (Å²) >= 11 is 0. The molecule has 0 atom stereocenters. The minimum absolute atomic E-state index is 0.249. The van der Waals surface area contributed by atoms with E-state index in [0.29, 0.717) is 26.2 Å². The van der Waals surface area contributed by atoms with Gasteiger partial charge in [-0.3, -0.25) is 0 Å². The summed E-state index contributed by atoms with van der Waals surface area (Å²) in [6.45, 7) is 2.14. The Balaban J connectivity index is 2.03. The van der Waals surface area contributed by atoms with E-state index >= 15 is 0 Å². The third kappa shape index (κ3) is 3.24. The van der Waals surface area contributed by atoms with Gasteiger partial charge in [-0.1, -0.05) is 0 Å². The van der Waals surface area contributed by atoms with E-state index in [1.54, 1.807) is 24.3 Å². The largest absolute Gasteiger partial charge is 0.478 e. The Morgan fingerprint density at radius 1 is 1.11 bits per heavy atom. The molecule has 1 fully saturated rings. The minimum Gasteiger partial charge on any atom is -0.478 e. The molecular formula is C12H16N2O4S. The molecule has 104 valence electrons. The Kier molecular flexibility index (Phi) is 3.77. The zero-order valence-corrected chi connectivity index (χ0v) is 11.4. The van der Waals surface area contributed by atoms with Crippen molar-refractivity contribution in [1.29, 1.82) is 0 Å². The average Bonchev–Trinajstić information content (AvgIpc) is 2.38. The van der Waals surface area contributed by atoms with Gasteiger partial charge in [-0.25, -0.2) is 13.2 Å². The van der Waals surface area contributed by atoms with Crippen LogP contribution in [-0.2, 0) is 10.0 Å². The predicted molar refractivity (Wildman–Crippen MR) is 72.0 cm³/mol. The van der Waals surface area contributed by atoms with Crippen molar-refractivity contribution in [3.8, 4) is 0 Å². The molecule has 6 nitrogen and oxygen atoms in total. The highest BCUT2D eigenvalue weighted by Crippen LogP contribution is 2.18. The molecule has 1 saturated heterocycles. The lowest BCUT2D eigenvalue weighted by molar-refractivity contribution is 0.0697. The molecular weight excluding hydrogens is 268 g/mol. The zero-order valence-electron chi connectivity index (χ0n) is 10.6. The van der Waals surface area contributed by atoms with Crippen LogP contribution in [0.2, 0.25) is 0 Å². The van der Waals surface area contributed by atoms with E-state index < -0.39 is 16.0 Å². The van der Waals surface area contributed by atoms with Crippen molar-refractivity contribution in [1.82, 2.24) is 4.31 Å². The standard InChI is InChI=1S/C12H16N2O4S/c1-19(17,18)14-8-6-13(7-9-14)11-4-2-10(3-5-11)12(15)16/h2-5H,6-9H2,1H3,(H,15,16). The fraction of sp³-hybridized carbons (Fsp3) is 0.417. The molecule has 1 aliphatic heterocycles. The molecule has 0 spiro atoms. The average molecular weight is 284 g/mol. The molecule has 0 bridgehead atoms. The van der Waals surface area contributed by atoms with E-state index in [-0.39, 0.29) is 5.56 Å². The van der Waals surface area contributed by atoms with Gasteiger partial charge in [-0.15, -0.1) is 0 Å². The number of carboxylic acids is 1. The van der Waals surface area contributed by atoms with Crippen LogP contribution < -0.4 is 4.90 Å². The van der Waals surface area contributed by atoms with E-state index in [2.05, 4.69) is 0 Å². The molecule has 1 aromatic carbocycles. The lowest BCUT2D eigenvalue weighted by atomic mass is 10.2. The van der Waals surface area contributed by atoms with Crippen molar-refractivity contribution >= 4 is 21.7 Å². The first-order valence-corrected chi connectivity index (χ1v) is 7.76. The van der Waals surface area contributed by atoms with Gasteiger partial charge in [0.25, 0.3) is 0 Å². The third-order valence-corrected chi connectivity index (χ3v) is 4.49. The lowest BCUT2D eigenvalue weighted by Crippen LogP contribution is -2.48. The molecule has 0 aromatic heterocycles. The van der Waals surface area contributed by atoms with Crippen molar-refractivity contribution in [2.45, 2.75) is 0 Å². The number of hydrogen-bond donors (Lipinski definition) is 1. The second kappa shape index (κ2) is 5.18. The highest BCUT2D eigenvalue weighted by molar-refractivity contribution is 7.88. The molecule has 0 unspecified atom stereocenters. The van der Waals surface area contributed by atoms with Gasteiger partial charge in [0.15, 0.2) is 0 Å². The van der Waals surface area contributed by atoms with Crippen molar-refractivity contribution in [2.24, 2.45) is 0 Å². The Bertz CT molecular complexity index is 560. The Hall–Kier alpha value is -1.60. The summed E-state index contributed by atoms with van der Waals surface area (Å²) in [5, 5.41) is 8.82. The summed E-state index contributed by atoms with van der Waals surface area (Å²) in [5.74, 6) is -0.951. The van der Waals surface area contributed by atoms with Crippen LogP contribution in [0.15, 0.2) is 24.3 Å². The molecule has 0 aliphatic carbocycles. The van der Waals surface area contributed by atoms with Crippen LogP contribution in [0.3, 0.4) is 0 Å². The normalized spacial score (nSPS) is 17.4. The van der Waals surface area contributed by atoms with Crippen LogP contribution in [0.1, 0.15) is 10.4 Å². The van der Waals surface area contributed by atoms with Gasteiger partial charge in [-0.05, 0) is 24.3 Å². The highest BCUT2D eigenvalue weighted by atomic mass is 32.2. The van der Waals surface area contributed by atoms with Gasteiger partial charge in [-0.2, -0.15) is 4.31 Å². The maximum Gasteiger partial charge on any atom is 0.335 e. The first-order valence-electron chi connectivity index (χ1n) is 5.91. The molecule has 1 N–H and O–H groups in total. The summed E-state index contributed by atoms with van der Waals surface area (Å²) in [5.41, 5.74) is 1.16. The number of hydrogen-bond acceptors (Lipinski definition) is 4. The summed E-state index contributed by atoms with van der Waals surface area (Å²) in [6.07, 6.45) is 1.21. The molecule has 1 aromatic rings. The molecule has 7 heteroatoms. The van der Waals surface area contributed by atoms with Gasteiger partial charge >= 0.3 is 5.97 Å². The van der Waals surface area contributed by atoms with E-state index in [1.807, 2.05) is 4.90 Å². The molecule has 1 heterocycles. The summed E-state index contributed by atoms with van der Waals surface area (Å²) < 4.78 is 24.2. The van der Waals surface area contributed by atoms with Crippen LogP contribution in [-0.4, -0.2) is 56.2 Å². The molecule has 0 radical (unpaired) electrons. The number of carbonyl (C=O) groups is 1. The lowest BCUT2D eigenvalue weighted by Gasteiger charge is -2.34. The fourth-order valence-corrected chi connectivity index (χ4v) is 2.92. The van der Waals surface area contributed by atoms with E-state index in [4.69, 9.17) is 5.11 Å². The number of rotatable bonds is 3. The Morgan fingerprint density at radius 3 is 2.05 bits per heavy atom. The van der Waals surface area contributed by atoms with E-state index in [9.17, 15) is 13.2 Å². The van der Waals surface area contributed by atoms with Crippen molar-refractivity contribution in [2.75, 3.05) is 37.3 Å². The van der Waals surface area contributed by atoms with Crippen molar-refractivity contribution in [3.63, 3.8) is 0 Å². The van der Waals surface area contributed by atoms with Crippen LogP contribution in [0.25, 0.3) is 0 Å². The number of piperazine rings is 1. The summed E-state index contributed by atoms with van der Waals surface area (Å²) in [4.78, 5) is 12.8. The number of sulfonamides is 1. The van der Waals surface area contributed by atoms with Crippen molar-refractivity contribution < 1.29 is 18.3 Å². The molecule has 0 saturated carbocycles. The molecule has 1 aliphatic rings. The van der Waals surface area contributed by atoms with Gasteiger partial charge in [0.2, 0.25) is 10.0 Å². The van der Waals surface area contributed by atoms with Crippen molar-refractivity contribution in [3.05, 3.63) is 29.8 Å². The number of benzene rings is 1. The predicted octanol–water partition coefficient (Wildman–Crippen LogP) is 0.466. The van der Waals surface area contributed by atoms with Crippen LogP contribution in [0.5, 0.6) is 0 Å². The minimum atomic E-state index is -3.12. The smallest absolute Gasteiger partial charge is 0.335 e. The maximum atomic E-state index is 11.4. The quantitative estimate of drug-likeness (QED) is 0.873. The first kappa shape index (κ1) is 13.8. The maximum absolute atomic E-state index is 11.4. The van der Waals surface area contributed by atoms with Gasteiger partial charge in [0.1, 0.15) is 0 Å². The van der Waals surface area contributed by atoms with Crippen LogP contribution >= 0.6 is 0 Å². The number of nitrogens with zero attached hydrogens (tertiary/aromatic N) is 2.